The molecule has 0 aliphatic carbocycles. The third kappa shape index (κ3) is 3.42. The first kappa shape index (κ1) is 11.9. The Balaban J connectivity index is 1.81. The molecule has 1 aromatic rings. The van der Waals surface area contributed by atoms with Crippen LogP contribution in [0.2, 0.25) is 0 Å². The van der Waals surface area contributed by atoms with Crippen LogP contribution in [0.4, 0.5) is 5.69 Å². The van der Waals surface area contributed by atoms with Crippen LogP contribution in [-0.4, -0.2) is 30.5 Å². The molecule has 1 aromatic heterocycles. The van der Waals surface area contributed by atoms with Gasteiger partial charge in [0, 0.05) is 18.4 Å². The van der Waals surface area contributed by atoms with Crippen LogP contribution >= 0.6 is 0 Å². The summed E-state index contributed by atoms with van der Waals surface area (Å²) in [6, 6.07) is 3.54. The van der Waals surface area contributed by atoms with Gasteiger partial charge in [-0.05, 0) is 44.0 Å². The molecule has 0 bridgehead atoms. The van der Waals surface area contributed by atoms with Crippen LogP contribution in [0.25, 0.3) is 0 Å². The minimum Gasteiger partial charge on any atom is -0.385 e. The molecule has 2 heterocycles. The second-order valence-electron chi connectivity index (χ2n) is 4.37. The predicted molar refractivity (Wildman–Crippen MR) is 66.8 cm³/mol. The minimum atomic E-state index is -0.492. The van der Waals surface area contributed by atoms with Crippen molar-refractivity contribution in [1.29, 1.82) is 0 Å². The molecule has 1 amide bonds. The van der Waals surface area contributed by atoms with Crippen LogP contribution in [0.15, 0.2) is 18.3 Å². The fraction of sp³-hybridized carbons (Fsp3) is 0.500. The molecule has 92 valence electrons. The van der Waals surface area contributed by atoms with E-state index in [4.69, 9.17) is 5.73 Å². The van der Waals surface area contributed by atoms with Crippen molar-refractivity contribution in [3.8, 4) is 0 Å². The van der Waals surface area contributed by atoms with Crippen molar-refractivity contribution >= 4 is 11.6 Å². The Morgan fingerprint density at radius 1 is 1.65 bits per heavy atom. The van der Waals surface area contributed by atoms with E-state index in [1.807, 2.05) is 6.07 Å². The monoisotopic (exact) mass is 234 g/mol. The van der Waals surface area contributed by atoms with Crippen molar-refractivity contribution in [2.45, 2.75) is 12.8 Å². The van der Waals surface area contributed by atoms with Crippen LogP contribution in [-0.2, 0) is 0 Å². The molecule has 17 heavy (non-hydrogen) atoms. The highest BCUT2D eigenvalue weighted by Gasteiger charge is 2.13. The van der Waals surface area contributed by atoms with Gasteiger partial charge in [-0.15, -0.1) is 0 Å². The highest BCUT2D eigenvalue weighted by atomic mass is 16.1. The largest absolute Gasteiger partial charge is 0.385 e. The van der Waals surface area contributed by atoms with Crippen molar-refractivity contribution in [2.75, 3.05) is 25.0 Å². The quantitative estimate of drug-likeness (QED) is 0.696. The van der Waals surface area contributed by atoms with Crippen LogP contribution in [0.1, 0.15) is 23.3 Å². The molecule has 1 unspecified atom stereocenters. The molecule has 0 aromatic carbocycles. The molecule has 2 rings (SSSR count). The number of hydrogen-bond donors (Lipinski definition) is 3. The van der Waals surface area contributed by atoms with Gasteiger partial charge in [-0.1, -0.05) is 0 Å². The second-order valence-corrected chi connectivity index (χ2v) is 4.37. The third-order valence-corrected chi connectivity index (χ3v) is 3.06. The van der Waals surface area contributed by atoms with Gasteiger partial charge in [0.25, 0.3) is 5.91 Å². The summed E-state index contributed by atoms with van der Waals surface area (Å²) in [7, 11) is 0. The van der Waals surface area contributed by atoms with Gasteiger partial charge in [-0.3, -0.25) is 9.78 Å². The average molecular weight is 234 g/mol. The maximum atomic E-state index is 11.0. The lowest BCUT2D eigenvalue weighted by atomic mass is 10.1. The molecule has 1 aliphatic rings. The SMILES string of the molecule is NC(=O)c1cc(NCCC2CCNC2)ccn1. The lowest BCUT2D eigenvalue weighted by Crippen LogP contribution is -2.15. The van der Waals surface area contributed by atoms with Crippen molar-refractivity contribution in [3.63, 3.8) is 0 Å². The molecular formula is C12H18N4O. The van der Waals surface area contributed by atoms with Gasteiger partial charge in [0.05, 0.1) is 0 Å². The third-order valence-electron chi connectivity index (χ3n) is 3.06. The van der Waals surface area contributed by atoms with E-state index in [0.717, 1.165) is 37.7 Å². The van der Waals surface area contributed by atoms with Gasteiger partial charge < -0.3 is 16.4 Å². The topological polar surface area (TPSA) is 80.0 Å². The molecule has 4 N–H and O–H groups in total. The number of primary amides is 1. The summed E-state index contributed by atoms with van der Waals surface area (Å²) in [5.41, 5.74) is 6.38. The maximum Gasteiger partial charge on any atom is 0.267 e. The van der Waals surface area contributed by atoms with E-state index in [9.17, 15) is 4.79 Å². The summed E-state index contributed by atoms with van der Waals surface area (Å²) in [6.45, 7) is 3.16. The molecule has 0 spiro atoms. The van der Waals surface area contributed by atoms with E-state index in [1.165, 1.54) is 6.42 Å². The number of aromatic nitrogens is 1. The molecule has 1 fully saturated rings. The summed E-state index contributed by atoms with van der Waals surface area (Å²) >= 11 is 0. The Morgan fingerprint density at radius 3 is 3.24 bits per heavy atom. The summed E-state index contributed by atoms with van der Waals surface area (Å²) in [5, 5.41) is 6.64. The fourth-order valence-corrected chi connectivity index (χ4v) is 2.06. The van der Waals surface area contributed by atoms with Gasteiger partial charge >= 0.3 is 0 Å². The Labute approximate surface area is 101 Å². The van der Waals surface area contributed by atoms with Crippen molar-refractivity contribution < 1.29 is 4.79 Å². The summed E-state index contributed by atoms with van der Waals surface area (Å²) in [6.07, 6.45) is 3.99. The zero-order valence-corrected chi connectivity index (χ0v) is 9.78. The van der Waals surface area contributed by atoms with E-state index < -0.39 is 5.91 Å². The van der Waals surface area contributed by atoms with Gasteiger partial charge in [0.1, 0.15) is 5.69 Å². The summed E-state index contributed by atoms with van der Waals surface area (Å²) in [4.78, 5) is 14.9. The lowest BCUT2D eigenvalue weighted by molar-refractivity contribution is 0.0995. The van der Waals surface area contributed by atoms with Crippen LogP contribution in [0, 0.1) is 5.92 Å². The Hall–Kier alpha value is -1.62. The van der Waals surface area contributed by atoms with Gasteiger partial charge in [-0.25, -0.2) is 0 Å². The number of pyridine rings is 1. The van der Waals surface area contributed by atoms with Crippen LogP contribution in [0.3, 0.4) is 0 Å². The Bertz CT molecular complexity index is 388. The first-order valence-corrected chi connectivity index (χ1v) is 5.96. The fourth-order valence-electron chi connectivity index (χ4n) is 2.06. The average Bonchev–Trinajstić information content (AvgIpc) is 2.82. The van der Waals surface area contributed by atoms with Gasteiger partial charge in [0.15, 0.2) is 0 Å². The number of carbonyl (C=O) groups is 1. The molecule has 1 saturated heterocycles. The van der Waals surface area contributed by atoms with E-state index in [2.05, 4.69) is 15.6 Å². The molecule has 0 saturated carbocycles. The van der Waals surface area contributed by atoms with Crippen molar-refractivity contribution in [1.82, 2.24) is 10.3 Å². The highest BCUT2D eigenvalue weighted by molar-refractivity contribution is 5.91. The number of nitrogens with one attached hydrogen (secondary N) is 2. The molecule has 0 radical (unpaired) electrons. The molecule has 1 atom stereocenters. The molecule has 1 aliphatic heterocycles. The first-order valence-electron chi connectivity index (χ1n) is 5.96. The molecular weight excluding hydrogens is 216 g/mol. The number of anilines is 1. The first-order chi connectivity index (χ1) is 8.25. The Kier molecular flexibility index (Phi) is 3.93. The van der Waals surface area contributed by atoms with Crippen LogP contribution in [0.5, 0.6) is 0 Å². The number of nitrogens with zero attached hydrogens (tertiary/aromatic N) is 1. The van der Waals surface area contributed by atoms with Gasteiger partial charge in [-0.2, -0.15) is 0 Å². The van der Waals surface area contributed by atoms with E-state index in [0.29, 0.717) is 5.69 Å². The summed E-state index contributed by atoms with van der Waals surface area (Å²) < 4.78 is 0. The molecule has 5 heteroatoms. The van der Waals surface area contributed by atoms with Gasteiger partial charge in [0.2, 0.25) is 0 Å². The predicted octanol–water partition coefficient (Wildman–Crippen LogP) is 0.592. The lowest BCUT2D eigenvalue weighted by Gasteiger charge is -2.10. The summed E-state index contributed by atoms with van der Waals surface area (Å²) in [5.74, 6) is 0.272. The number of nitrogens with two attached hydrogens (primary N) is 1. The highest BCUT2D eigenvalue weighted by Crippen LogP contribution is 2.13. The van der Waals surface area contributed by atoms with Crippen LogP contribution < -0.4 is 16.4 Å². The van der Waals surface area contributed by atoms with E-state index >= 15 is 0 Å². The van der Waals surface area contributed by atoms with Crippen molar-refractivity contribution in [3.05, 3.63) is 24.0 Å². The number of hydrogen-bond acceptors (Lipinski definition) is 4. The number of amides is 1. The zero-order chi connectivity index (χ0) is 12.1. The maximum absolute atomic E-state index is 11.0. The zero-order valence-electron chi connectivity index (χ0n) is 9.78. The Morgan fingerprint density at radius 2 is 2.53 bits per heavy atom. The standard InChI is InChI=1S/C12H18N4O/c13-12(17)11-7-10(3-6-16-11)15-5-2-9-1-4-14-8-9/h3,6-7,9,14H,1-2,4-5,8H2,(H2,13,17)(H,15,16). The van der Waals surface area contributed by atoms with E-state index in [1.54, 1.807) is 12.3 Å². The minimum absolute atomic E-state index is 0.303. The second kappa shape index (κ2) is 5.63. The number of carbonyl (C=O) groups excluding carboxylic acids is 1. The number of rotatable bonds is 5. The molecule has 5 nitrogen and oxygen atoms in total. The van der Waals surface area contributed by atoms with E-state index in [-0.39, 0.29) is 0 Å². The normalized spacial score (nSPS) is 19.2. The smallest absolute Gasteiger partial charge is 0.267 e. The van der Waals surface area contributed by atoms with Crippen molar-refractivity contribution in [2.24, 2.45) is 11.7 Å².